The Kier molecular flexibility index (Phi) is 6.33. The minimum atomic E-state index is -0.216. The van der Waals surface area contributed by atoms with Crippen LogP contribution in [0.2, 0.25) is 0 Å². The molecule has 19 heavy (non-hydrogen) atoms. The summed E-state index contributed by atoms with van der Waals surface area (Å²) in [5.74, 6) is 1.12. The average Bonchev–Trinajstić information content (AvgIpc) is 2.37. The molecule has 2 N–H and O–H groups in total. The molecule has 4 heteroatoms. The number of nitrogens with zero attached hydrogens (tertiary/aromatic N) is 1. The molecule has 0 bridgehead atoms. The molecule has 0 aliphatic heterocycles. The third-order valence-electron chi connectivity index (χ3n) is 3.04. The van der Waals surface area contributed by atoms with Crippen LogP contribution in [0.5, 0.6) is 0 Å². The topological polar surface area (TPSA) is 36.4 Å². The van der Waals surface area contributed by atoms with Crippen LogP contribution in [0.15, 0.2) is 29.3 Å². The first-order valence-electron chi connectivity index (χ1n) is 6.82. The molecule has 1 rings (SSSR count). The third-order valence-corrected chi connectivity index (χ3v) is 3.04. The standard InChI is InChI=1S/C15H24FN3/c1-5-17-15(19-12(4)11(2)3)18-10-13-6-8-14(16)9-7-13/h6-9,11-12H,5,10H2,1-4H3,(H2,17,18,19). The lowest BCUT2D eigenvalue weighted by atomic mass is 10.1. The van der Waals surface area contributed by atoms with Gasteiger partial charge in [0, 0.05) is 12.6 Å². The van der Waals surface area contributed by atoms with Gasteiger partial charge in [0.2, 0.25) is 0 Å². The van der Waals surface area contributed by atoms with Crippen molar-refractivity contribution >= 4 is 5.96 Å². The van der Waals surface area contributed by atoms with E-state index in [1.54, 1.807) is 12.1 Å². The summed E-state index contributed by atoms with van der Waals surface area (Å²) < 4.78 is 12.8. The number of rotatable bonds is 5. The van der Waals surface area contributed by atoms with Crippen LogP contribution in [0, 0.1) is 11.7 Å². The molecule has 0 spiro atoms. The summed E-state index contributed by atoms with van der Waals surface area (Å²) in [6.45, 7) is 9.87. The van der Waals surface area contributed by atoms with Gasteiger partial charge in [-0.3, -0.25) is 0 Å². The summed E-state index contributed by atoms with van der Waals surface area (Å²) in [4.78, 5) is 4.51. The van der Waals surface area contributed by atoms with Crippen LogP contribution in [0.4, 0.5) is 4.39 Å². The summed E-state index contributed by atoms with van der Waals surface area (Å²) >= 11 is 0. The van der Waals surface area contributed by atoms with Gasteiger partial charge in [-0.2, -0.15) is 0 Å². The zero-order chi connectivity index (χ0) is 14.3. The summed E-state index contributed by atoms with van der Waals surface area (Å²) in [5, 5.41) is 6.58. The Balaban J connectivity index is 2.64. The lowest BCUT2D eigenvalue weighted by molar-refractivity contribution is 0.481. The minimum Gasteiger partial charge on any atom is -0.357 e. The van der Waals surface area contributed by atoms with E-state index >= 15 is 0 Å². The van der Waals surface area contributed by atoms with Crippen LogP contribution in [-0.4, -0.2) is 18.5 Å². The highest BCUT2D eigenvalue weighted by molar-refractivity contribution is 5.80. The van der Waals surface area contributed by atoms with Gasteiger partial charge in [-0.25, -0.2) is 9.38 Å². The maximum Gasteiger partial charge on any atom is 0.191 e. The van der Waals surface area contributed by atoms with E-state index in [-0.39, 0.29) is 5.82 Å². The Hall–Kier alpha value is -1.58. The van der Waals surface area contributed by atoms with E-state index in [1.165, 1.54) is 12.1 Å². The lowest BCUT2D eigenvalue weighted by Crippen LogP contribution is -2.44. The third kappa shape index (κ3) is 5.73. The van der Waals surface area contributed by atoms with Crippen molar-refractivity contribution in [3.05, 3.63) is 35.6 Å². The molecule has 0 radical (unpaired) electrons. The second kappa shape index (κ2) is 7.77. The zero-order valence-electron chi connectivity index (χ0n) is 12.2. The molecule has 0 aromatic heterocycles. The van der Waals surface area contributed by atoms with Crippen LogP contribution >= 0.6 is 0 Å². The van der Waals surface area contributed by atoms with Crippen LogP contribution in [0.25, 0.3) is 0 Å². The lowest BCUT2D eigenvalue weighted by Gasteiger charge is -2.20. The first-order valence-corrected chi connectivity index (χ1v) is 6.82. The van der Waals surface area contributed by atoms with Gasteiger partial charge in [-0.1, -0.05) is 26.0 Å². The molecule has 1 unspecified atom stereocenters. The number of nitrogens with one attached hydrogen (secondary N) is 2. The second-order valence-corrected chi connectivity index (χ2v) is 5.00. The first-order chi connectivity index (χ1) is 9.02. The molecule has 0 heterocycles. The van der Waals surface area contributed by atoms with Crippen LogP contribution < -0.4 is 10.6 Å². The van der Waals surface area contributed by atoms with Crippen molar-refractivity contribution in [1.82, 2.24) is 10.6 Å². The van der Waals surface area contributed by atoms with Crippen molar-refractivity contribution in [2.45, 2.75) is 40.3 Å². The largest absolute Gasteiger partial charge is 0.357 e. The van der Waals surface area contributed by atoms with Gasteiger partial charge in [-0.15, -0.1) is 0 Å². The van der Waals surface area contributed by atoms with Crippen molar-refractivity contribution in [1.29, 1.82) is 0 Å². The summed E-state index contributed by atoms with van der Waals surface area (Å²) in [5.41, 5.74) is 0.996. The monoisotopic (exact) mass is 265 g/mol. The highest BCUT2D eigenvalue weighted by Gasteiger charge is 2.08. The zero-order valence-corrected chi connectivity index (χ0v) is 12.2. The Labute approximate surface area is 115 Å². The van der Waals surface area contributed by atoms with Gasteiger partial charge in [0.25, 0.3) is 0 Å². The van der Waals surface area contributed by atoms with E-state index in [9.17, 15) is 4.39 Å². The number of hydrogen-bond acceptors (Lipinski definition) is 1. The molecule has 1 atom stereocenters. The summed E-state index contributed by atoms with van der Waals surface area (Å²) in [7, 11) is 0. The average molecular weight is 265 g/mol. The molecule has 106 valence electrons. The van der Waals surface area contributed by atoms with Gasteiger partial charge in [-0.05, 0) is 37.5 Å². The molecule has 0 saturated carbocycles. The number of benzene rings is 1. The van der Waals surface area contributed by atoms with E-state index in [1.807, 2.05) is 6.92 Å². The van der Waals surface area contributed by atoms with Crippen molar-refractivity contribution in [2.75, 3.05) is 6.54 Å². The molecule has 0 aliphatic carbocycles. The van der Waals surface area contributed by atoms with Crippen molar-refractivity contribution < 1.29 is 4.39 Å². The highest BCUT2D eigenvalue weighted by atomic mass is 19.1. The molecule has 1 aromatic carbocycles. The maximum absolute atomic E-state index is 12.8. The summed E-state index contributed by atoms with van der Waals surface area (Å²) in [6.07, 6.45) is 0. The predicted octanol–water partition coefficient (Wildman–Crippen LogP) is 2.93. The van der Waals surface area contributed by atoms with Gasteiger partial charge in [0.1, 0.15) is 5.82 Å². The molecule has 0 aliphatic rings. The summed E-state index contributed by atoms with van der Waals surface area (Å²) in [6, 6.07) is 6.79. The smallest absolute Gasteiger partial charge is 0.191 e. The van der Waals surface area contributed by atoms with E-state index in [4.69, 9.17) is 0 Å². The molecular weight excluding hydrogens is 241 g/mol. The Bertz CT molecular complexity index is 398. The molecule has 0 saturated heterocycles. The Morgan fingerprint density at radius 1 is 1.21 bits per heavy atom. The quantitative estimate of drug-likeness (QED) is 0.634. The molecule has 3 nitrogen and oxygen atoms in total. The minimum absolute atomic E-state index is 0.216. The SMILES string of the molecule is CCNC(=NCc1ccc(F)cc1)NC(C)C(C)C. The molecule has 0 amide bonds. The van der Waals surface area contributed by atoms with E-state index in [0.717, 1.165) is 18.1 Å². The van der Waals surface area contributed by atoms with Gasteiger partial charge in [0.15, 0.2) is 5.96 Å². The molecule has 0 fully saturated rings. The number of aliphatic imine (C=N–C) groups is 1. The molecular formula is C15H24FN3. The van der Waals surface area contributed by atoms with Gasteiger partial charge >= 0.3 is 0 Å². The van der Waals surface area contributed by atoms with Crippen molar-refractivity contribution in [3.63, 3.8) is 0 Å². The fourth-order valence-corrected chi connectivity index (χ4v) is 1.46. The van der Waals surface area contributed by atoms with Crippen molar-refractivity contribution in [3.8, 4) is 0 Å². The fraction of sp³-hybridized carbons (Fsp3) is 0.533. The molecule has 1 aromatic rings. The number of guanidine groups is 1. The Morgan fingerprint density at radius 2 is 1.84 bits per heavy atom. The van der Waals surface area contributed by atoms with Gasteiger partial charge in [0.05, 0.1) is 6.54 Å². The van der Waals surface area contributed by atoms with Crippen LogP contribution in [-0.2, 0) is 6.54 Å². The first kappa shape index (κ1) is 15.5. The maximum atomic E-state index is 12.8. The number of halogens is 1. The van der Waals surface area contributed by atoms with Gasteiger partial charge < -0.3 is 10.6 Å². The normalized spacial score (nSPS) is 13.5. The predicted molar refractivity (Wildman–Crippen MR) is 78.7 cm³/mol. The van der Waals surface area contributed by atoms with Crippen molar-refractivity contribution in [2.24, 2.45) is 10.9 Å². The highest BCUT2D eigenvalue weighted by Crippen LogP contribution is 2.04. The van der Waals surface area contributed by atoms with Crippen LogP contribution in [0.1, 0.15) is 33.3 Å². The fourth-order valence-electron chi connectivity index (χ4n) is 1.46. The van der Waals surface area contributed by atoms with Crippen LogP contribution in [0.3, 0.4) is 0 Å². The van der Waals surface area contributed by atoms with E-state index in [0.29, 0.717) is 18.5 Å². The van der Waals surface area contributed by atoms with E-state index < -0.39 is 0 Å². The number of hydrogen-bond donors (Lipinski definition) is 2. The Morgan fingerprint density at radius 3 is 2.37 bits per heavy atom. The van der Waals surface area contributed by atoms with E-state index in [2.05, 4.69) is 36.4 Å². The second-order valence-electron chi connectivity index (χ2n) is 5.00.